The van der Waals surface area contributed by atoms with Crippen LogP contribution in [0.25, 0.3) is 11.4 Å². The highest BCUT2D eigenvalue weighted by Crippen LogP contribution is 2.22. The number of nitrogens with one attached hydrogen (secondary N) is 1. The second-order valence-electron chi connectivity index (χ2n) is 9.97. The van der Waals surface area contributed by atoms with Crippen molar-refractivity contribution < 1.29 is 9.32 Å². The molecule has 2 saturated heterocycles. The molecule has 0 saturated carbocycles. The lowest BCUT2D eigenvalue weighted by Gasteiger charge is -2.30. The minimum absolute atomic E-state index is 0.0239. The minimum atomic E-state index is -0.0239. The van der Waals surface area contributed by atoms with Crippen LogP contribution in [-0.4, -0.2) is 52.0 Å². The van der Waals surface area contributed by atoms with Crippen LogP contribution in [0.2, 0.25) is 0 Å². The highest BCUT2D eigenvalue weighted by atomic mass is 79.9. The fourth-order valence-electron chi connectivity index (χ4n) is 5.19. The summed E-state index contributed by atoms with van der Waals surface area (Å²) in [6.07, 6.45) is 5.84. The zero-order valence-electron chi connectivity index (χ0n) is 20.7. The van der Waals surface area contributed by atoms with Crippen LogP contribution in [0, 0.1) is 5.92 Å². The van der Waals surface area contributed by atoms with Gasteiger partial charge in [-0.1, -0.05) is 51.8 Å². The number of benzene rings is 2. The molecule has 2 fully saturated rings. The standard InChI is InChI=1S/C28H34BrN5O2/c29-25-11-9-23(10-12-25)27-31-26(36-32-27)20-34-15-5-8-24(19-34)28(35)30-17-21-6-4-7-22(16-21)18-33-13-2-1-3-14-33/h4,6-7,9-12,16,24H,1-3,5,8,13-15,17-20H2,(H,30,35). The number of hydrogen-bond donors (Lipinski definition) is 1. The Hall–Kier alpha value is -2.55. The Morgan fingerprint density at radius 1 is 0.972 bits per heavy atom. The van der Waals surface area contributed by atoms with Crippen molar-refractivity contribution in [2.24, 2.45) is 5.92 Å². The second-order valence-corrected chi connectivity index (χ2v) is 10.9. The van der Waals surface area contributed by atoms with Gasteiger partial charge in [-0.25, -0.2) is 0 Å². The molecule has 36 heavy (non-hydrogen) atoms. The van der Waals surface area contributed by atoms with Crippen LogP contribution in [0.5, 0.6) is 0 Å². The SMILES string of the molecule is O=C(NCc1cccc(CN2CCCCC2)c1)C1CCCN(Cc2nc(-c3ccc(Br)cc3)no2)C1. The molecule has 2 aliphatic rings. The Bertz CT molecular complexity index is 1140. The first kappa shape index (κ1) is 25.1. The zero-order chi connectivity index (χ0) is 24.7. The van der Waals surface area contributed by atoms with Crippen molar-refractivity contribution in [1.29, 1.82) is 0 Å². The van der Waals surface area contributed by atoms with Gasteiger partial charge in [0, 0.05) is 29.7 Å². The van der Waals surface area contributed by atoms with Crippen LogP contribution >= 0.6 is 15.9 Å². The van der Waals surface area contributed by atoms with Crippen molar-refractivity contribution in [3.05, 3.63) is 70.0 Å². The lowest BCUT2D eigenvalue weighted by atomic mass is 9.97. The fourth-order valence-corrected chi connectivity index (χ4v) is 5.45. The summed E-state index contributed by atoms with van der Waals surface area (Å²) in [4.78, 5) is 22.3. The minimum Gasteiger partial charge on any atom is -0.352 e. The molecule has 2 aliphatic heterocycles. The molecule has 1 N–H and O–H groups in total. The van der Waals surface area contributed by atoms with E-state index in [1.165, 1.54) is 37.9 Å². The maximum atomic E-state index is 13.0. The molecule has 1 atom stereocenters. The summed E-state index contributed by atoms with van der Waals surface area (Å²) in [5.74, 6) is 1.28. The summed E-state index contributed by atoms with van der Waals surface area (Å²) < 4.78 is 6.51. The Labute approximate surface area is 221 Å². The van der Waals surface area contributed by atoms with Crippen molar-refractivity contribution in [2.45, 2.75) is 51.7 Å². The van der Waals surface area contributed by atoms with Crippen LogP contribution in [0.15, 0.2) is 57.5 Å². The molecule has 3 aromatic rings. The second kappa shape index (κ2) is 12.1. The van der Waals surface area contributed by atoms with Crippen molar-refractivity contribution in [2.75, 3.05) is 26.2 Å². The summed E-state index contributed by atoms with van der Waals surface area (Å²) in [6.45, 7) is 6.14. The Kier molecular flexibility index (Phi) is 8.46. The molecule has 2 aromatic carbocycles. The van der Waals surface area contributed by atoms with Gasteiger partial charge in [0.1, 0.15) is 0 Å². The first-order chi connectivity index (χ1) is 17.6. The topological polar surface area (TPSA) is 74.5 Å². The molecule has 0 bridgehead atoms. The highest BCUT2D eigenvalue weighted by Gasteiger charge is 2.27. The van der Waals surface area contributed by atoms with Gasteiger partial charge in [0.25, 0.3) is 0 Å². The van der Waals surface area contributed by atoms with Gasteiger partial charge in [-0.3, -0.25) is 14.6 Å². The third-order valence-electron chi connectivity index (χ3n) is 7.12. The Balaban J connectivity index is 1.11. The van der Waals surface area contributed by atoms with Gasteiger partial charge in [-0.05, 0) is 80.7 Å². The molecule has 0 spiro atoms. The number of rotatable bonds is 8. The van der Waals surface area contributed by atoms with Crippen molar-refractivity contribution in [3.63, 3.8) is 0 Å². The quantitative estimate of drug-likeness (QED) is 0.424. The van der Waals surface area contributed by atoms with Gasteiger partial charge < -0.3 is 9.84 Å². The maximum Gasteiger partial charge on any atom is 0.241 e. The molecule has 0 radical (unpaired) electrons. The maximum absolute atomic E-state index is 13.0. The number of nitrogens with zero attached hydrogens (tertiary/aromatic N) is 4. The molecular weight excluding hydrogens is 518 g/mol. The van der Waals surface area contributed by atoms with E-state index in [4.69, 9.17) is 4.52 Å². The van der Waals surface area contributed by atoms with E-state index in [1.54, 1.807) is 0 Å². The summed E-state index contributed by atoms with van der Waals surface area (Å²) in [6, 6.07) is 16.5. The van der Waals surface area contributed by atoms with Gasteiger partial charge >= 0.3 is 0 Å². The number of aromatic nitrogens is 2. The van der Waals surface area contributed by atoms with Crippen LogP contribution < -0.4 is 5.32 Å². The molecule has 7 nitrogen and oxygen atoms in total. The predicted octanol–water partition coefficient (Wildman–Crippen LogP) is 5.01. The molecule has 190 valence electrons. The summed E-state index contributed by atoms with van der Waals surface area (Å²) in [5, 5.41) is 7.31. The van der Waals surface area contributed by atoms with Gasteiger partial charge in [-0.2, -0.15) is 4.98 Å². The van der Waals surface area contributed by atoms with E-state index in [2.05, 4.69) is 65.5 Å². The third-order valence-corrected chi connectivity index (χ3v) is 7.65. The van der Waals surface area contributed by atoms with Gasteiger partial charge in [0.15, 0.2) is 0 Å². The van der Waals surface area contributed by atoms with E-state index < -0.39 is 0 Å². The smallest absolute Gasteiger partial charge is 0.241 e. The average Bonchev–Trinajstić information content (AvgIpc) is 3.37. The van der Waals surface area contributed by atoms with Crippen LogP contribution in [0.1, 0.15) is 49.1 Å². The number of likely N-dealkylation sites (tertiary alicyclic amines) is 2. The van der Waals surface area contributed by atoms with E-state index in [-0.39, 0.29) is 11.8 Å². The number of carbonyl (C=O) groups is 1. The van der Waals surface area contributed by atoms with Crippen LogP contribution in [-0.2, 0) is 24.4 Å². The predicted molar refractivity (Wildman–Crippen MR) is 143 cm³/mol. The summed E-state index contributed by atoms with van der Waals surface area (Å²) in [7, 11) is 0. The molecular formula is C28H34BrN5O2. The van der Waals surface area contributed by atoms with E-state index in [9.17, 15) is 4.79 Å². The van der Waals surface area contributed by atoms with Gasteiger partial charge in [0.2, 0.25) is 17.6 Å². The van der Waals surface area contributed by atoms with E-state index in [1.807, 2.05) is 24.3 Å². The molecule has 1 amide bonds. The van der Waals surface area contributed by atoms with E-state index in [0.29, 0.717) is 31.3 Å². The number of piperidine rings is 2. The van der Waals surface area contributed by atoms with Crippen molar-refractivity contribution >= 4 is 21.8 Å². The first-order valence-electron chi connectivity index (χ1n) is 13.0. The monoisotopic (exact) mass is 551 g/mol. The van der Waals surface area contributed by atoms with E-state index >= 15 is 0 Å². The molecule has 1 unspecified atom stereocenters. The van der Waals surface area contributed by atoms with Crippen LogP contribution in [0.3, 0.4) is 0 Å². The molecule has 3 heterocycles. The average molecular weight is 553 g/mol. The normalized spacial score (nSPS) is 19.3. The van der Waals surface area contributed by atoms with Gasteiger partial charge in [0.05, 0.1) is 12.5 Å². The lowest BCUT2D eigenvalue weighted by molar-refractivity contribution is -0.127. The van der Waals surface area contributed by atoms with Crippen molar-refractivity contribution in [3.8, 4) is 11.4 Å². The number of amides is 1. The molecule has 0 aliphatic carbocycles. The van der Waals surface area contributed by atoms with E-state index in [0.717, 1.165) is 41.5 Å². The molecule has 1 aromatic heterocycles. The van der Waals surface area contributed by atoms with Gasteiger partial charge in [-0.15, -0.1) is 0 Å². The zero-order valence-corrected chi connectivity index (χ0v) is 22.3. The molecule has 8 heteroatoms. The fraction of sp³-hybridized carbons (Fsp3) is 0.464. The van der Waals surface area contributed by atoms with Crippen molar-refractivity contribution in [1.82, 2.24) is 25.3 Å². The lowest BCUT2D eigenvalue weighted by Crippen LogP contribution is -2.42. The first-order valence-corrected chi connectivity index (χ1v) is 13.8. The number of halogens is 1. The summed E-state index contributed by atoms with van der Waals surface area (Å²) in [5.41, 5.74) is 3.41. The number of carbonyl (C=O) groups excluding carboxylic acids is 1. The highest BCUT2D eigenvalue weighted by molar-refractivity contribution is 9.10. The Morgan fingerprint density at radius 2 is 1.75 bits per heavy atom. The summed E-state index contributed by atoms with van der Waals surface area (Å²) >= 11 is 3.45. The third kappa shape index (κ3) is 6.81. The van der Waals surface area contributed by atoms with Crippen LogP contribution in [0.4, 0.5) is 0 Å². The largest absolute Gasteiger partial charge is 0.352 e. The molecule has 5 rings (SSSR count). The Morgan fingerprint density at radius 3 is 2.58 bits per heavy atom. The number of hydrogen-bond acceptors (Lipinski definition) is 6.